The first-order valence-corrected chi connectivity index (χ1v) is 4.32. The van der Waals surface area contributed by atoms with Crippen LogP contribution in [0.15, 0.2) is 17.2 Å². The van der Waals surface area contributed by atoms with Crippen LogP contribution in [0, 0.1) is 0 Å². The van der Waals surface area contributed by atoms with Crippen molar-refractivity contribution >= 4 is 22.4 Å². The highest BCUT2D eigenvalue weighted by Crippen LogP contribution is 2.09. The fourth-order valence-electron chi connectivity index (χ4n) is 0.554. The Hall–Kier alpha value is -1.23. The van der Waals surface area contributed by atoms with Gasteiger partial charge in [0.15, 0.2) is 0 Å². The first-order chi connectivity index (χ1) is 5.74. The van der Waals surface area contributed by atoms with Crippen molar-refractivity contribution in [2.75, 3.05) is 5.32 Å². The Morgan fingerprint density at radius 3 is 3.00 bits per heavy atom. The molecule has 64 valence electrons. The molecule has 0 spiro atoms. The van der Waals surface area contributed by atoms with Crippen LogP contribution in [0.25, 0.3) is 0 Å². The summed E-state index contributed by atoms with van der Waals surface area (Å²) in [6.45, 7) is 3.56. The smallest absolute Gasteiger partial charge is 0.252 e. The third-order valence-corrected chi connectivity index (χ3v) is 1.98. The summed E-state index contributed by atoms with van der Waals surface area (Å²) >= 11 is 1.30. The number of carbonyl (C=O) groups is 1. The predicted molar refractivity (Wildman–Crippen MR) is 48.0 cm³/mol. The topological polar surface area (TPSA) is 54.9 Å². The SMILES string of the molecule is C/C=C(\C)C(=O)Nc1nncs1. The lowest BCUT2D eigenvalue weighted by Gasteiger charge is -1.98. The second kappa shape index (κ2) is 3.96. The highest BCUT2D eigenvalue weighted by molar-refractivity contribution is 7.13. The van der Waals surface area contributed by atoms with Crippen molar-refractivity contribution < 1.29 is 4.79 Å². The molecule has 0 saturated carbocycles. The number of amides is 1. The highest BCUT2D eigenvalue weighted by Gasteiger charge is 2.04. The number of nitrogens with zero attached hydrogens (tertiary/aromatic N) is 2. The fraction of sp³-hybridized carbons (Fsp3) is 0.286. The van der Waals surface area contributed by atoms with Crippen LogP contribution in [-0.2, 0) is 4.79 Å². The number of allylic oxidation sites excluding steroid dienone is 1. The lowest BCUT2D eigenvalue weighted by molar-refractivity contribution is -0.112. The molecule has 0 saturated heterocycles. The van der Waals surface area contributed by atoms with Crippen LogP contribution < -0.4 is 5.32 Å². The minimum atomic E-state index is -0.130. The normalized spacial score (nSPS) is 11.3. The Bertz CT molecular complexity index is 292. The van der Waals surface area contributed by atoms with E-state index in [-0.39, 0.29) is 5.91 Å². The average molecular weight is 183 g/mol. The number of aromatic nitrogens is 2. The minimum absolute atomic E-state index is 0.130. The summed E-state index contributed by atoms with van der Waals surface area (Å²) in [7, 11) is 0. The van der Waals surface area contributed by atoms with Gasteiger partial charge in [0.2, 0.25) is 5.13 Å². The van der Waals surface area contributed by atoms with E-state index in [0.717, 1.165) is 0 Å². The predicted octanol–water partition coefficient (Wildman–Crippen LogP) is 1.44. The first kappa shape index (κ1) is 8.86. The van der Waals surface area contributed by atoms with Gasteiger partial charge in [-0.3, -0.25) is 10.1 Å². The summed E-state index contributed by atoms with van der Waals surface area (Å²) in [5, 5.41) is 10.4. The molecule has 1 aromatic heterocycles. The molecule has 1 N–H and O–H groups in total. The largest absolute Gasteiger partial charge is 0.297 e. The molecule has 5 heteroatoms. The quantitative estimate of drug-likeness (QED) is 0.706. The molecule has 0 aliphatic carbocycles. The van der Waals surface area contributed by atoms with E-state index in [2.05, 4.69) is 15.5 Å². The molecule has 1 aromatic rings. The van der Waals surface area contributed by atoms with Crippen LogP contribution in [0.2, 0.25) is 0 Å². The van der Waals surface area contributed by atoms with Crippen LogP contribution in [0.4, 0.5) is 5.13 Å². The molecule has 0 unspecified atom stereocenters. The summed E-state index contributed by atoms with van der Waals surface area (Å²) in [6.07, 6.45) is 1.75. The van der Waals surface area contributed by atoms with Gasteiger partial charge in [0.05, 0.1) is 0 Å². The molecule has 1 rings (SSSR count). The zero-order chi connectivity index (χ0) is 8.97. The van der Waals surface area contributed by atoms with Gasteiger partial charge in [0.1, 0.15) is 5.51 Å². The molecule has 0 aliphatic rings. The Morgan fingerprint density at radius 2 is 2.50 bits per heavy atom. The molecular formula is C7H9N3OS. The van der Waals surface area contributed by atoms with Crippen molar-refractivity contribution in [1.82, 2.24) is 10.2 Å². The number of carbonyl (C=O) groups excluding carboxylic acids is 1. The Morgan fingerprint density at radius 1 is 1.75 bits per heavy atom. The van der Waals surface area contributed by atoms with Gasteiger partial charge < -0.3 is 0 Å². The van der Waals surface area contributed by atoms with Crippen LogP contribution in [0.1, 0.15) is 13.8 Å². The zero-order valence-electron chi connectivity index (χ0n) is 6.87. The van der Waals surface area contributed by atoms with Gasteiger partial charge in [-0.25, -0.2) is 0 Å². The molecule has 0 radical (unpaired) electrons. The number of rotatable bonds is 2. The Labute approximate surface area is 74.3 Å². The Kier molecular flexibility index (Phi) is 2.93. The second-order valence-corrected chi connectivity index (χ2v) is 3.00. The van der Waals surface area contributed by atoms with Crippen LogP contribution in [-0.4, -0.2) is 16.1 Å². The first-order valence-electron chi connectivity index (χ1n) is 3.44. The molecule has 0 aromatic carbocycles. The summed E-state index contributed by atoms with van der Waals surface area (Å²) in [6, 6.07) is 0. The number of nitrogens with one attached hydrogen (secondary N) is 1. The van der Waals surface area contributed by atoms with Crippen molar-refractivity contribution in [2.24, 2.45) is 0 Å². The van der Waals surface area contributed by atoms with Crippen molar-refractivity contribution in [3.8, 4) is 0 Å². The number of hydrogen-bond acceptors (Lipinski definition) is 4. The Balaban J connectivity index is 2.59. The maximum atomic E-state index is 11.2. The summed E-state index contributed by atoms with van der Waals surface area (Å²) in [5.74, 6) is -0.130. The van der Waals surface area contributed by atoms with Crippen molar-refractivity contribution in [1.29, 1.82) is 0 Å². The van der Waals surface area contributed by atoms with E-state index in [1.54, 1.807) is 18.5 Å². The molecule has 0 atom stereocenters. The van der Waals surface area contributed by atoms with Gasteiger partial charge in [0.25, 0.3) is 5.91 Å². The maximum Gasteiger partial charge on any atom is 0.252 e. The molecule has 0 aliphatic heterocycles. The average Bonchev–Trinajstić information content (AvgIpc) is 2.55. The van der Waals surface area contributed by atoms with E-state index in [4.69, 9.17) is 0 Å². The lowest BCUT2D eigenvalue weighted by Crippen LogP contribution is -2.12. The maximum absolute atomic E-state index is 11.2. The highest BCUT2D eigenvalue weighted by atomic mass is 32.1. The van der Waals surface area contributed by atoms with E-state index >= 15 is 0 Å². The lowest BCUT2D eigenvalue weighted by atomic mass is 10.3. The van der Waals surface area contributed by atoms with Crippen LogP contribution in [0.5, 0.6) is 0 Å². The van der Waals surface area contributed by atoms with E-state index in [9.17, 15) is 4.79 Å². The molecule has 0 bridgehead atoms. The summed E-state index contributed by atoms with van der Waals surface area (Å²) in [4.78, 5) is 11.2. The third kappa shape index (κ3) is 2.13. The van der Waals surface area contributed by atoms with Gasteiger partial charge in [0, 0.05) is 5.57 Å². The standard InChI is InChI=1S/C7H9N3OS/c1-3-5(2)6(11)9-7-10-8-4-12-7/h3-4H,1-2H3,(H,9,10,11)/b5-3+. The molecule has 1 heterocycles. The summed E-state index contributed by atoms with van der Waals surface area (Å²) in [5.41, 5.74) is 2.24. The molecule has 12 heavy (non-hydrogen) atoms. The summed E-state index contributed by atoms with van der Waals surface area (Å²) < 4.78 is 0. The van der Waals surface area contributed by atoms with Gasteiger partial charge in [-0.15, -0.1) is 10.2 Å². The van der Waals surface area contributed by atoms with Crippen LogP contribution in [0.3, 0.4) is 0 Å². The fourth-order valence-corrected chi connectivity index (χ4v) is 0.994. The van der Waals surface area contributed by atoms with Crippen LogP contribution >= 0.6 is 11.3 Å². The van der Waals surface area contributed by atoms with E-state index < -0.39 is 0 Å². The van der Waals surface area contributed by atoms with Gasteiger partial charge in [-0.05, 0) is 13.8 Å². The van der Waals surface area contributed by atoms with Gasteiger partial charge in [-0.1, -0.05) is 17.4 Å². The zero-order valence-corrected chi connectivity index (χ0v) is 7.68. The minimum Gasteiger partial charge on any atom is -0.297 e. The third-order valence-electron chi connectivity index (χ3n) is 1.37. The van der Waals surface area contributed by atoms with Crippen molar-refractivity contribution in [2.45, 2.75) is 13.8 Å². The number of hydrogen-bond donors (Lipinski definition) is 1. The molecular weight excluding hydrogens is 174 g/mol. The molecule has 0 fully saturated rings. The van der Waals surface area contributed by atoms with E-state index in [1.165, 1.54) is 11.3 Å². The molecule has 1 amide bonds. The second-order valence-electron chi connectivity index (χ2n) is 2.17. The van der Waals surface area contributed by atoms with Gasteiger partial charge >= 0.3 is 0 Å². The van der Waals surface area contributed by atoms with Crippen molar-refractivity contribution in [3.05, 3.63) is 17.2 Å². The molecule has 4 nitrogen and oxygen atoms in total. The monoisotopic (exact) mass is 183 g/mol. The van der Waals surface area contributed by atoms with Crippen molar-refractivity contribution in [3.63, 3.8) is 0 Å². The van der Waals surface area contributed by atoms with E-state index in [1.807, 2.05) is 6.92 Å². The van der Waals surface area contributed by atoms with Gasteiger partial charge in [-0.2, -0.15) is 0 Å². The van der Waals surface area contributed by atoms with E-state index in [0.29, 0.717) is 10.7 Å². The number of anilines is 1.